The van der Waals surface area contributed by atoms with Gasteiger partial charge in [-0.1, -0.05) is 6.07 Å². The van der Waals surface area contributed by atoms with Crippen LogP contribution in [0.5, 0.6) is 0 Å². The molecule has 1 saturated carbocycles. The highest BCUT2D eigenvalue weighted by Gasteiger charge is 2.32. The topological polar surface area (TPSA) is 89.7 Å². The molecule has 0 spiro atoms. The summed E-state index contributed by atoms with van der Waals surface area (Å²) in [5.74, 6) is -0.158. The number of hydrogen-bond donors (Lipinski definition) is 1. The van der Waals surface area contributed by atoms with Crippen LogP contribution >= 0.6 is 0 Å². The number of rotatable bonds is 6. The molecule has 0 radical (unpaired) electrons. The Morgan fingerprint density at radius 2 is 2.10 bits per heavy atom. The van der Waals surface area contributed by atoms with Crippen molar-refractivity contribution in [3.63, 3.8) is 0 Å². The monoisotopic (exact) mass is 312 g/mol. The highest BCUT2D eigenvalue weighted by atomic mass is 32.2. The van der Waals surface area contributed by atoms with E-state index in [4.69, 9.17) is 9.88 Å². The zero-order valence-electron chi connectivity index (χ0n) is 12.2. The van der Waals surface area contributed by atoms with E-state index in [0.29, 0.717) is 17.7 Å². The molecular weight excluding hydrogens is 292 g/mol. The fraction of sp³-hybridized carbons (Fsp3) is 0.500. The average Bonchev–Trinajstić information content (AvgIpc) is 3.23. The van der Waals surface area contributed by atoms with Crippen molar-refractivity contribution in [3.05, 3.63) is 29.3 Å². The lowest BCUT2D eigenvalue weighted by Crippen LogP contribution is -2.33. The van der Waals surface area contributed by atoms with Crippen LogP contribution in [-0.2, 0) is 21.4 Å². The van der Waals surface area contributed by atoms with E-state index in [9.17, 15) is 13.2 Å². The Kier molecular flexibility index (Phi) is 4.65. The molecule has 0 atom stereocenters. The molecule has 1 aromatic carbocycles. The maximum Gasteiger partial charge on any atom is 0.254 e. The lowest BCUT2D eigenvalue weighted by molar-refractivity contribution is 0.0752. The molecule has 1 aliphatic carbocycles. The molecule has 1 fully saturated rings. The summed E-state index contributed by atoms with van der Waals surface area (Å²) >= 11 is 0. The van der Waals surface area contributed by atoms with E-state index < -0.39 is 10.0 Å². The molecule has 0 unspecified atom stereocenters. The highest BCUT2D eigenvalue weighted by Crippen LogP contribution is 2.28. The summed E-state index contributed by atoms with van der Waals surface area (Å²) in [6.07, 6.45) is 2.01. The van der Waals surface area contributed by atoms with E-state index in [1.807, 2.05) is 6.92 Å². The number of carbonyl (C=O) groups is 1. The summed E-state index contributed by atoms with van der Waals surface area (Å²) < 4.78 is 28.3. The van der Waals surface area contributed by atoms with Crippen LogP contribution in [0.1, 0.15) is 35.7 Å². The lowest BCUT2D eigenvalue weighted by atomic mass is 10.1. The molecule has 6 nitrogen and oxygen atoms in total. The molecule has 7 heteroatoms. The van der Waals surface area contributed by atoms with Gasteiger partial charge in [-0.05, 0) is 37.5 Å². The van der Waals surface area contributed by atoms with Gasteiger partial charge >= 0.3 is 0 Å². The quantitative estimate of drug-likeness (QED) is 0.852. The van der Waals surface area contributed by atoms with E-state index in [1.165, 1.54) is 13.2 Å². The molecule has 0 bridgehead atoms. The molecule has 2 rings (SSSR count). The second kappa shape index (κ2) is 6.13. The van der Waals surface area contributed by atoms with Crippen LogP contribution in [0.4, 0.5) is 0 Å². The van der Waals surface area contributed by atoms with Crippen LogP contribution in [0.3, 0.4) is 0 Å². The Balaban J connectivity index is 2.39. The number of benzene rings is 1. The minimum atomic E-state index is -3.90. The molecule has 0 saturated heterocycles. The second-order valence-electron chi connectivity index (χ2n) is 5.12. The third-order valence-electron chi connectivity index (χ3n) is 3.51. The molecule has 1 amide bonds. The third kappa shape index (κ3) is 3.61. The number of ether oxygens (including phenoxy) is 1. The SMILES string of the molecule is CCN(C(=O)c1ccc(COC)c(S(N)(=O)=O)c1)C1CC1. The van der Waals surface area contributed by atoms with E-state index >= 15 is 0 Å². The van der Waals surface area contributed by atoms with Gasteiger partial charge in [-0.3, -0.25) is 4.79 Å². The van der Waals surface area contributed by atoms with Crippen molar-refractivity contribution < 1.29 is 17.9 Å². The number of sulfonamides is 1. The number of primary sulfonamides is 1. The lowest BCUT2D eigenvalue weighted by Gasteiger charge is -2.21. The molecule has 0 aliphatic heterocycles. The number of carbonyl (C=O) groups excluding carboxylic acids is 1. The maximum absolute atomic E-state index is 12.5. The van der Waals surface area contributed by atoms with Crippen molar-refractivity contribution in [2.45, 2.75) is 37.3 Å². The van der Waals surface area contributed by atoms with Gasteiger partial charge in [0.1, 0.15) is 0 Å². The number of amides is 1. The van der Waals surface area contributed by atoms with Crippen molar-refractivity contribution in [1.82, 2.24) is 4.90 Å². The number of nitrogens with zero attached hydrogens (tertiary/aromatic N) is 1. The van der Waals surface area contributed by atoms with E-state index in [1.54, 1.807) is 17.0 Å². The molecular formula is C14H20N2O4S. The Hall–Kier alpha value is -1.44. The van der Waals surface area contributed by atoms with Gasteiger partial charge in [-0.2, -0.15) is 0 Å². The normalized spacial score (nSPS) is 15.0. The fourth-order valence-electron chi connectivity index (χ4n) is 2.35. The van der Waals surface area contributed by atoms with Gasteiger partial charge in [0.25, 0.3) is 5.91 Å². The van der Waals surface area contributed by atoms with Gasteiger partial charge in [-0.15, -0.1) is 0 Å². The van der Waals surface area contributed by atoms with Gasteiger partial charge in [0, 0.05) is 25.3 Å². The van der Waals surface area contributed by atoms with Crippen LogP contribution in [0, 0.1) is 0 Å². The van der Waals surface area contributed by atoms with Crippen molar-refractivity contribution in [3.8, 4) is 0 Å². The molecule has 1 aliphatic rings. The van der Waals surface area contributed by atoms with Crippen molar-refractivity contribution in [1.29, 1.82) is 0 Å². The van der Waals surface area contributed by atoms with Gasteiger partial charge in [0.05, 0.1) is 11.5 Å². The zero-order valence-corrected chi connectivity index (χ0v) is 13.0. The molecule has 1 aromatic rings. The number of nitrogens with two attached hydrogens (primary N) is 1. The van der Waals surface area contributed by atoms with Crippen LogP contribution in [-0.4, -0.2) is 38.9 Å². The molecule has 21 heavy (non-hydrogen) atoms. The predicted octanol–water partition coefficient (Wildman–Crippen LogP) is 1.10. The van der Waals surface area contributed by atoms with Crippen molar-refractivity contribution in [2.75, 3.05) is 13.7 Å². The molecule has 0 aromatic heterocycles. The molecule has 116 valence electrons. The van der Waals surface area contributed by atoms with E-state index in [0.717, 1.165) is 12.8 Å². The van der Waals surface area contributed by atoms with Crippen LogP contribution in [0.15, 0.2) is 23.1 Å². The van der Waals surface area contributed by atoms with Gasteiger partial charge in [0.15, 0.2) is 0 Å². The number of hydrogen-bond acceptors (Lipinski definition) is 4. The Bertz CT molecular complexity index is 638. The predicted molar refractivity (Wildman–Crippen MR) is 78.3 cm³/mol. The summed E-state index contributed by atoms with van der Waals surface area (Å²) in [7, 11) is -2.43. The minimum Gasteiger partial charge on any atom is -0.380 e. The third-order valence-corrected chi connectivity index (χ3v) is 4.50. The smallest absolute Gasteiger partial charge is 0.254 e. The van der Waals surface area contributed by atoms with Crippen LogP contribution in [0.2, 0.25) is 0 Å². The van der Waals surface area contributed by atoms with E-state index in [2.05, 4.69) is 0 Å². The maximum atomic E-state index is 12.5. The molecule has 2 N–H and O–H groups in total. The minimum absolute atomic E-state index is 0.0537. The van der Waals surface area contributed by atoms with Crippen LogP contribution < -0.4 is 5.14 Å². The van der Waals surface area contributed by atoms with Crippen LogP contribution in [0.25, 0.3) is 0 Å². The Labute approximate surface area is 124 Å². The largest absolute Gasteiger partial charge is 0.380 e. The number of methoxy groups -OCH3 is 1. The van der Waals surface area contributed by atoms with Gasteiger partial charge in [-0.25, -0.2) is 13.6 Å². The summed E-state index contributed by atoms with van der Waals surface area (Å²) in [5, 5.41) is 5.23. The summed E-state index contributed by atoms with van der Waals surface area (Å²) in [4.78, 5) is 14.2. The molecule has 0 heterocycles. The first-order valence-corrected chi connectivity index (χ1v) is 8.38. The Morgan fingerprint density at radius 1 is 1.43 bits per heavy atom. The first kappa shape index (κ1) is 15.9. The second-order valence-corrected chi connectivity index (χ2v) is 6.65. The van der Waals surface area contributed by atoms with Gasteiger partial charge < -0.3 is 9.64 Å². The zero-order chi connectivity index (χ0) is 15.6. The first-order chi connectivity index (χ1) is 9.88. The fourth-order valence-corrected chi connectivity index (χ4v) is 3.13. The summed E-state index contributed by atoms with van der Waals surface area (Å²) in [6.45, 7) is 2.64. The van der Waals surface area contributed by atoms with Crippen molar-refractivity contribution in [2.24, 2.45) is 5.14 Å². The summed E-state index contributed by atoms with van der Waals surface area (Å²) in [6, 6.07) is 4.82. The van der Waals surface area contributed by atoms with E-state index in [-0.39, 0.29) is 23.5 Å². The van der Waals surface area contributed by atoms with Crippen molar-refractivity contribution >= 4 is 15.9 Å². The average molecular weight is 312 g/mol. The first-order valence-electron chi connectivity index (χ1n) is 6.84. The van der Waals surface area contributed by atoms with Gasteiger partial charge in [0.2, 0.25) is 10.0 Å². The standard InChI is InChI=1S/C14H20N2O4S/c1-3-16(12-6-7-12)14(17)10-4-5-11(9-20-2)13(8-10)21(15,18)19/h4-5,8,12H,3,6-7,9H2,1-2H3,(H2,15,18,19). The summed E-state index contributed by atoms with van der Waals surface area (Å²) in [5.41, 5.74) is 0.790. The highest BCUT2D eigenvalue weighted by molar-refractivity contribution is 7.89. The Morgan fingerprint density at radius 3 is 2.57 bits per heavy atom.